The Balaban J connectivity index is 1.97. The van der Waals surface area contributed by atoms with Gasteiger partial charge in [-0.25, -0.2) is 4.98 Å². The van der Waals surface area contributed by atoms with Crippen molar-refractivity contribution in [2.45, 2.75) is 33.7 Å². The smallest absolute Gasteiger partial charge is 0.275 e. The Morgan fingerprint density at radius 1 is 1.44 bits per heavy atom. The van der Waals surface area contributed by atoms with Crippen LogP contribution in [0.2, 0.25) is 5.02 Å². The molecule has 3 aromatic heterocycles. The van der Waals surface area contributed by atoms with Crippen molar-refractivity contribution >= 4 is 62.5 Å². The van der Waals surface area contributed by atoms with Crippen LogP contribution < -0.4 is 10.9 Å². The molecule has 0 saturated carbocycles. The maximum Gasteiger partial charge on any atom is 0.275 e. The zero-order valence-electron chi connectivity index (χ0n) is 15.2. The van der Waals surface area contributed by atoms with Gasteiger partial charge in [-0.15, -0.1) is 11.3 Å². The van der Waals surface area contributed by atoms with Gasteiger partial charge in [-0.1, -0.05) is 32.4 Å². The van der Waals surface area contributed by atoms with Crippen LogP contribution in [0.5, 0.6) is 0 Å². The maximum atomic E-state index is 12.5. The van der Waals surface area contributed by atoms with Crippen molar-refractivity contribution in [1.82, 2.24) is 19.9 Å². The number of hydrogen-bond acceptors (Lipinski definition) is 4. The van der Waals surface area contributed by atoms with Crippen molar-refractivity contribution < 1.29 is 4.79 Å². The highest BCUT2D eigenvalue weighted by Crippen LogP contribution is 2.39. The number of amides is 1. The Morgan fingerprint density at radius 2 is 2.19 bits per heavy atom. The number of fused-ring (bicyclic) bond motifs is 1. The first kappa shape index (κ1) is 20.3. The monoisotopic (exact) mass is 518 g/mol. The second kappa shape index (κ2) is 7.92. The lowest BCUT2D eigenvalue weighted by atomic mass is 9.92. The summed E-state index contributed by atoms with van der Waals surface area (Å²) in [5, 5.41) is 5.49. The molecule has 3 aromatic rings. The molecule has 0 aromatic carbocycles. The summed E-state index contributed by atoms with van der Waals surface area (Å²) < 4.78 is 2.77. The van der Waals surface area contributed by atoms with E-state index in [-0.39, 0.29) is 16.9 Å². The van der Waals surface area contributed by atoms with Gasteiger partial charge in [-0.05, 0) is 39.5 Å². The number of carbonyl (C=O) groups excluding carboxylic acids is 1. The zero-order valence-corrected chi connectivity index (χ0v) is 19.0. The molecule has 0 aliphatic carbocycles. The minimum atomic E-state index is -0.210. The molecular formula is C18H20ClIN4O2S. The number of carbonyl (C=O) groups is 1. The van der Waals surface area contributed by atoms with E-state index in [0.29, 0.717) is 35.6 Å². The first-order chi connectivity index (χ1) is 12.7. The highest BCUT2D eigenvalue weighted by atomic mass is 127. The Labute approximate surface area is 179 Å². The summed E-state index contributed by atoms with van der Waals surface area (Å²) in [6.45, 7) is 6.94. The van der Waals surface area contributed by atoms with Crippen LogP contribution in [0, 0.1) is 8.99 Å². The minimum absolute atomic E-state index is 0.00333. The van der Waals surface area contributed by atoms with Crippen LogP contribution in [0.15, 0.2) is 22.6 Å². The van der Waals surface area contributed by atoms with Gasteiger partial charge >= 0.3 is 0 Å². The second-order valence-electron chi connectivity index (χ2n) is 7.43. The van der Waals surface area contributed by atoms with Gasteiger partial charge < -0.3 is 14.9 Å². The molecule has 0 atom stereocenters. The van der Waals surface area contributed by atoms with Crippen molar-refractivity contribution in [3.05, 3.63) is 36.7 Å². The molecule has 0 spiro atoms. The van der Waals surface area contributed by atoms with Gasteiger partial charge in [0.1, 0.15) is 11.0 Å². The van der Waals surface area contributed by atoms with Gasteiger partial charge in [-0.3, -0.25) is 9.59 Å². The molecule has 0 fully saturated rings. The molecule has 0 saturated heterocycles. The zero-order chi connectivity index (χ0) is 19.8. The van der Waals surface area contributed by atoms with Crippen LogP contribution in [0.3, 0.4) is 0 Å². The second-order valence-corrected chi connectivity index (χ2v) is 9.83. The number of H-pyrrole nitrogens is 1. The van der Waals surface area contributed by atoms with Crippen molar-refractivity contribution in [3.63, 3.8) is 0 Å². The van der Waals surface area contributed by atoms with Gasteiger partial charge in [-0.2, -0.15) is 0 Å². The molecule has 1 amide bonds. The highest BCUT2D eigenvalue weighted by Gasteiger charge is 2.23. The molecule has 0 bridgehead atoms. The molecular weight excluding hydrogens is 499 g/mol. The Morgan fingerprint density at radius 3 is 2.81 bits per heavy atom. The average Bonchev–Trinajstić information content (AvgIpc) is 3.08. The lowest BCUT2D eigenvalue weighted by molar-refractivity contribution is -0.122. The predicted octanol–water partition coefficient (Wildman–Crippen LogP) is 4.26. The summed E-state index contributed by atoms with van der Waals surface area (Å²) in [6.07, 6.45) is 1.85. The topological polar surface area (TPSA) is 79.8 Å². The number of halogens is 2. The molecule has 3 heterocycles. The molecule has 27 heavy (non-hydrogen) atoms. The molecule has 0 aliphatic rings. The Hall–Kier alpha value is -1.39. The normalized spacial score (nSPS) is 11.9. The number of thiophene rings is 1. The molecule has 6 nitrogen and oxygen atoms in total. The van der Waals surface area contributed by atoms with E-state index in [1.165, 1.54) is 17.7 Å². The first-order valence-corrected chi connectivity index (χ1v) is 10.8. The molecule has 144 valence electrons. The summed E-state index contributed by atoms with van der Waals surface area (Å²) in [5.74, 6) is -0.00333. The standard InChI is InChI=1S/C18H20ClIN4O2S/c1-18(2,3)8-11(25)21-5-6-24-14(16-10(19)4-7-27-16)12(20)13-15(24)17(26)23-9-22-13/h4,7,9H,5-6,8H2,1-3H3,(H,21,25)(H,22,23,26). The largest absolute Gasteiger partial charge is 0.354 e. The third-order valence-corrected chi connectivity index (χ3v) is 6.33. The number of aromatic nitrogens is 3. The number of nitrogens with zero attached hydrogens (tertiary/aromatic N) is 2. The highest BCUT2D eigenvalue weighted by molar-refractivity contribution is 14.1. The Kier molecular flexibility index (Phi) is 5.97. The molecule has 0 unspecified atom stereocenters. The molecule has 3 rings (SSSR count). The molecule has 0 radical (unpaired) electrons. The van der Waals surface area contributed by atoms with Gasteiger partial charge in [0, 0.05) is 19.5 Å². The van der Waals surface area contributed by atoms with Crippen LogP contribution in [0.4, 0.5) is 0 Å². The number of hydrogen-bond donors (Lipinski definition) is 2. The summed E-state index contributed by atoms with van der Waals surface area (Å²) >= 11 is 10.1. The van der Waals surface area contributed by atoms with Gasteiger partial charge in [0.2, 0.25) is 5.91 Å². The van der Waals surface area contributed by atoms with Crippen LogP contribution in [0.25, 0.3) is 21.6 Å². The van der Waals surface area contributed by atoms with Crippen LogP contribution in [-0.4, -0.2) is 27.0 Å². The maximum absolute atomic E-state index is 12.5. The van der Waals surface area contributed by atoms with Crippen LogP contribution in [0.1, 0.15) is 27.2 Å². The minimum Gasteiger partial charge on any atom is -0.354 e. The van der Waals surface area contributed by atoms with Crippen LogP contribution >= 0.6 is 45.5 Å². The van der Waals surface area contributed by atoms with E-state index in [4.69, 9.17) is 11.6 Å². The summed E-state index contributed by atoms with van der Waals surface area (Å²) in [6, 6.07) is 1.84. The SMILES string of the molecule is CC(C)(C)CC(=O)NCCn1c(-c2sccc2Cl)c(I)c2nc[nH]c(=O)c21. The van der Waals surface area contributed by atoms with Gasteiger partial charge in [0.15, 0.2) is 0 Å². The number of rotatable bonds is 5. The lowest BCUT2D eigenvalue weighted by Crippen LogP contribution is -2.30. The van der Waals surface area contributed by atoms with Crippen molar-refractivity contribution in [3.8, 4) is 10.6 Å². The predicted molar refractivity (Wildman–Crippen MR) is 118 cm³/mol. The third-order valence-electron chi connectivity index (χ3n) is 3.97. The fourth-order valence-electron chi connectivity index (χ4n) is 2.91. The first-order valence-electron chi connectivity index (χ1n) is 8.44. The summed E-state index contributed by atoms with van der Waals surface area (Å²) in [4.78, 5) is 32.5. The summed E-state index contributed by atoms with van der Waals surface area (Å²) in [7, 11) is 0. The molecule has 9 heteroatoms. The van der Waals surface area contributed by atoms with Crippen LogP contribution in [-0.2, 0) is 11.3 Å². The Bertz CT molecular complexity index is 1050. The van der Waals surface area contributed by atoms with E-state index in [0.717, 1.165) is 14.1 Å². The third kappa shape index (κ3) is 4.38. The quantitative estimate of drug-likeness (QED) is 0.495. The van der Waals surface area contributed by atoms with E-state index in [1.807, 2.05) is 36.8 Å². The number of aromatic amines is 1. The van der Waals surface area contributed by atoms with Crippen molar-refractivity contribution in [1.29, 1.82) is 0 Å². The fraction of sp³-hybridized carbons (Fsp3) is 0.389. The van der Waals surface area contributed by atoms with Crippen molar-refractivity contribution in [2.75, 3.05) is 6.54 Å². The van der Waals surface area contributed by atoms with E-state index in [9.17, 15) is 9.59 Å². The fourth-order valence-corrected chi connectivity index (χ4v) is 5.25. The van der Waals surface area contributed by atoms with E-state index >= 15 is 0 Å². The lowest BCUT2D eigenvalue weighted by Gasteiger charge is -2.17. The van der Waals surface area contributed by atoms with E-state index in [1.54, 1.807) is 0 Å². The summed E-state index contributed by atoms with van der Waals surface area (Å²) in [5.41, 5.74) is 1.71. The van der Waals surface area contributed by atoms with E-state index < -0.39 is 0 Å². The molecule has 0 aliphatic heterocycles. The number of nitrogens with one attached hydrogen (secondary N) is 2. The van der Waals surface area contributed by atoms with E-state index in [2.05, 4.69) is 37.9 Å². The van der Waals surface area contributed by atoms with Crippen molar-refractivity contribution in [2.24, 2.45) is 5.41 Å². The molecule has 2 N–H and O–H groups in total. The average molecular weight is 519 g/mol. The van der Waals surface area contributed by atoms with Gasteiger partial charge in [0.05, 0.1) is 25.5 Å². The van der Waals surface area contributed by atoms with Gasteiger partial charge in [0.25, 0.3) is 5.56 Å².